The highest BCUT2D eigenvalue weighted by molar-refractivity contribution is 5.63. The van der Waals surface area contributed by atoms with E-state index in [1.807, 2.05) is 13.1 Å². The molecule has 3 nitrogen and oxygen atoms in total. The van der Waals surface area contributed by atoms with Gasteiger partial charge in [0.15, 0.2) is 0 Å². The van der Waals surface area contributed by atoms with Gasteiger partial charge in [0, 0.05) is 18.8 Å². The van der Waals surface area contributed by atoms with Crippen molar-refractivity contribution in [2.75, 3.05) is 26.2 Å². The van der Waals surface area contributed by atoms with Crippen molar-refractivity contribution in [2.45, 2.75) is 32.2 Å². The van der Waals surface area contributed by atoms with Gasteiger partial charge < -0.3 is 10.6 Å². The van der Waals surface area contributed by atoms with E-state index in [-0.39, 0.29) is 6.04 Å². The number of nitrogens with two attached hydrogens (primary N) is 1. The van der Waals surface area contributed by atoms with Gasteiger partial charge in [-0.15, -0.1) is 0 Å². The Balaban J connectivity index is 2.04. The summed E-state index contributed by atoms with van der Waals surface area (Å²) in [5, 5.41) is 0. The number of hydrogen-bond donors (Lipinski definition) is 1. The Kier molecular flexibility index (Phi) is 5.01. The Morgan fingerprint density at radius 1 is 1.38 bits per heavy atom. The zero-order chi connectivity index (χ0) is 9.52. The zero-order valence-electron chi connectivity index (χ0n) is 8.58. The minimum absolute atomic E-state index is 0.0985. The average Bonchev–Trinajstić information content (AvgIpc) is 2.14. The van der Waals surface area contributed by atoms with Crippen LogP contribution in [0.15, 0.2) is 4.99 Å². The van der Waals surface area contributed by atoms with Crippen LogP contribution in [0.25, 0.3) is 0 Å². The summed E-state index contributed by atoms with van der Waals surface area (Å²) in [5.74, 6) is 0. The van der Waals surface area contributed by atoms with Gasteiger partial charge >= 0.3 is 0 Å². The lowest BCUT2D eigenvalue weighted by Crippen LogP contribution is -2.32. The van der Waals surface area contributed by atoms with E-state index in [1.54, 1.807) is 0 Å². The van der Waals surface area contributed by atoms with Crippen molar-refractivity contribution < 1.29 is 0 Å². The van der Waals surface area contributed by atoms with E-state index in [9.17, 15) is 0 Å². The number of likely N-dealkylation sites (tertiary alicyclic amines) is 1. The molecule has 1 aliphatic rings. The molecule has 3 heteroatoms. The molecule has 1 heterocycles. The van der Waals surface area contributed by atoms with Crippen LogP contribution < -0.4 is 5.73 Å². The molecule has 2 N–H and O–H groups in total. The first kappa shape index (κ1) is 10.7. The number of aliphatic imine (C=N–C) groups is 1. The molecule has 0 amide bonds. The first-order valence-electron chi connectivity index (χ1n) is 5.27. The van der Waals surface area contributed by atoms with E-state index in [0.29, 0.717) is 0 Å². The predicted molar refractivity (Wildman–Crippen MR) is 57.3 cm³/mol. The van der Waals surface area contributed by atoms with Gasteiger partial charge in [-0.2, -0.15) is 0 Å². The molecule has 13 heavy (non-hydrogen) atoms. The summed E-state index contributed by atoms with van der Waals surface area (Å²) in [5.41, 5.74) is 5.55. The van der Waals surface area contributed by atoms with E-state index in [4.69, 9.17) is 5.73 Å². The minimum atomic E-state index is 0.0985. The maximum atomic E-state index is 5.55. The van der Waals surface area contributed by atoms with Gasteiger partial charge in [-0.1, -0.05) is 6.42 Å². The van der Waals surface area contributed by atoms with Crippen molar-refractivity contribution in [1.29, 1.82) is 0 Å². The van der Waals surface area contributed by atoms with Crippen molar-refractivity contribution >= 4 is 6.21 Å². The molecule has 0 aromatic heterocycles. The van der Waals surface area contributed by atoms with Crippen LogP contribution in [-0.4, -0.2) is 43.3 Å². The molecule has 1 atom stereocenters. The van der Waals surface area contributed by atoms with Crippen LogP contribution in [0.3, 0.4) is 0 Å². The van der Waals surface area contributed by atoms with Gasteiger partial charge in [-0.25, -0.2) is 0 Å². The second-order valence-electron chi connectivity index (χ2n) is 3.82. The van der Waals surface area contributed by atoms with Crippen molar-refractivity contribution in [3.8, 4) is 0 Å². The lowest BCUT2D eigenvalue weighted by Gasteiger charge is -2.25. The Morgan fingerprint density at radius 3 is 2.69 bits per heavy atom. The molecule has 1 unspecified atom stereocenters. The highest BCUT2D eigenvalue weighted by Crippen LogP contribution is 2.07. The third-order valence-corrected chi connectivity index (χ3v) is 2.33. The molecular formula is C10H21N3. The Hall–Kier alpha value is -0.410. The summed E-state index contributed by atoms with van der Waals surface area (Å²) in [6.45, 7) is 6.47. The molecule has 0 radical (unpaired) electrons. The van der Waals surface area contributed by atoms with E-state index < -0.39 is 0 Å². The summed E-state index contributed by atoms with van der Waals surface area (Å²) < 4.78 is 0. The van der Waals surface area contributed by atoms with Crippen LogP contribution in [0.4, 0.5) is 0 Å². The van der Waals surface area contributed by atoms with Crippen molar-refractivity contribution in [3.63, 3.8) is 0 Å². The van der Waals surface area contributed by atoms with Gasteiger partial charge in [0.1, 0.15) is 0 Å². The third kappa shape index (κ3) is 5.01. The van der Waals surface area contributed by atoms with Crippen LogP contribution in [-0.2, 0) is 0 Å². The van der Waals surface area contributed by atoms with Crippen LogP contribution in [0, 0.1) is 0 Å². The fraction of sp³-hybridized carbons (Fsp3) is 0.900. The summed E-state index contributed by atoms with van der Waals surface area (Å²) in [6.07, 6.45) is 5.96. The number of nitrogens with zero attached hydrogens (tertiary/aromatic N) is 2. The second-order valence-corrected chi connectivity index (χ2v) is 3.82. The molecule has 0 aliphatic carbocycles. The van der Waals surface area contributed by atoms with Crippen molar-refractivity contribution in [1.82, 2.24) is 4.90 Å². The number of piperidine rings is 1. The second kappa shape index (κ2) is 6.11. The molecule has 0 aromatic rings. The summed E-state index contributed by atoms with van der Waals surface area (Å²) in [6, 6.07) is 0.0985. The Bertz CT molecular complexity index is 148. The first-order valence-corrected chi connectivity index (χ1v) is 5.27. The molecule has 0 saturated carbocycles. The summed E-state index contributed by atoms with van der Waals surface area (Å²) >= 11 is 0. The first-order chi connectivity index (χ1) is 6.29. The standard InChI is InChI=1S/C10H21N3/c1-10(11)9-12-5-8-13-6-3-2-4-7-13/h9-10H,2-8,11H2,1H3. The fourth-order valence-electron chi connectivity index (χ4n) is 1.62. The largest absolute Gasteiger partial charge is 0.323 e. The van der Waals surface area contributed by atoms with Gasteiger partial charge in [0.2, 0.25) is 0 Å². The minimum Gasteiger partial charge on any atom is -0.323 e. The van der Waals surface area contributed by atoms with Gasteiger partial charge in [0.25, 0.3) is 0 Å². The van der Waals surface area contributed by atoms with Crippen LogP contribution in [0.5, 0.6) is 0 Å². The molecule has 1 rings (SSSR count). The van der Waals surface area contributed by atoms with Gasteiger partial charge in [-0.3, -0.25) is 4.99 Å². The highest BCUT2D eigenvalue weighted by atomic mass is 15.1. The number of hydrogen-bond acceptors (Lipinski definition) is 3. The molecule has 0 spiro atoms. The van der Waals surface area contributed by atoms with Crippen molar-refractivity contribution in [2.24, 2.45) is 10.7 Å². The SMILES string of the molecule is CC(N)C=NCCN1CCCCC1. The molecule has 1 aliphatic heterocycles. The molecule has 76 valence electrons. The molecule has 0 aromatic carbocycles. The van der Waals surface area contributed by atoms with Crippen LogP contribution >= 0.6 is 0 Å². The van der Waals surface area contributed by atoms with Crippen LogP contribution in [0.2, 0.25) is 0 Å². The van der Waals surface area contributed by atoms with E-state index in [0.717, 1.165) is 13.1 Å². The lowest BCUT2D eigenvalue weighted by atomic mass is 10.1. The lowest BCUT2D eigenvalue weighted by molar-refractivity contribution is 0.235. The Morgan fingerprint density at radius 2 is 2.08 bits per heavy atom. The average molecular weight is 183 g/mol. The monoisotopic (exact) mass is 183 g/mol. The molecule has 1 saturated heterocycles. The summed E-state index contributed by atoms with van der Waals surface area (Å²) in [7, 11) is 0. The molecule has 0 bridgehead atoms. The number of rotatable bonds is 4. The Labute approximate surface area is 81.0 Å². The topological polar surface area (TPSA) is 41.6 Å². The third-order valence-electron chi connectivity index (χ3n) is 2.33. The smallest absolute Gasteiger partial charge is 0.0513 e. The predicted octanol–water partition coefficient (Wildman–Crippen LogP) is 0.890. The molecule has 1 fully saturated rings. The van der Waals surface area contributed by atoms with E-state index >= 15 is 0 Å². The summed E-state index contributed by atoms with van der Waals surface area (Å²) in [4.78, 5) is 6.76. The van der Waals surface area contributed by atoms with E-state index in [2.05, 4.69) is 9.89 Å². The maximum Gasteiger partial charge on any atom is 0.0513 e. The zero-order valence-corrected chi connectivity index (χ0v) is 8.58. The van der Waals surface area contributed by atoms with Crippen LogP contribution in [0.1, 0.15) is 26.2 Å². The van der Waals surface area contributed by atoms with Gasteiger partial charge in [0.05, 0.1) is 6.54 Å². The van der Waals surface area contributed by atoms with E-state index in [1.165, 1.54) is 32.4 Å². The maximum absolute atomic E-state index is 5.55. The normalized spacial score (nSPS) is 22.3. The quantitative estimate of drug-likeness (QED) is 0.658. The molecular weight excluding hydrogens is 162 g/mol. The van der Waals surface area contributed by atoms with Gasteiger partial charge in [-0.05, 0) is 32.9 Å². The fourth-order valence-corrected chi connectivity index (χ4v) is 1.62. The highest BCUT2D eigenvalue weighted by Gasteiger charge is 2.08. The van der Waals surface area contributed by atoms with Crippen molar-refractivity contribution in [3.05, 3.63) is 0 Å².